The Labute approximate surface area is 95.1 Å². The number of rotatable bonds is 3. The van der Waals surface area contributed by atoms with Crippen LogP contribution in [0.1, 0.15) is 32.4 Å². The minimum atomic E-state index is 0.262. The standard InChI is InChI=1S/C11H17N5/c1-3-6-16-10(4-5-13-16)9-7-8(2)11(12)15-14-9/h4-5,8H,3,6-7H2,1-2H3,(H2,12,15). The van der Waals surface area contributed by atoms with Gasteiger partial charge in [0.05, 0.1) is 11.4 Å². The first-order chi connectivity index (χ1) is 7.72. The van der Waals surface area contributed by atoms with Crippen LogP contribution in [0.15, 0.2) is 22.5 Å². The van der Waals surface area contributed by atoms with Crippen LogP contribution >= 0.6 is 0 Å². The lowest BCUT2D eigenvalue weighted by atomic mass is 10.0. The van der Waals surface area contributed by atoms with E-state index in [9.17, 15) is 0 Å². The van der Waals surface area contributed by atoms with Gasteiger partial charge in [-0.05, 0) is 12.5 Å². The maximum Gasteiger partial charge on any atom is 0.125 e. The maximum absolute atomic E-state index is 5.71. The highest BCUT2D eigenvalue weighted by molar-refractivity contribution is 6.03. The van der Waals surface area contributed by atoms with E-state index in [2.05, 4.69) is 29.1 Å². The number of nitrogens with zero attached hydrogens (tertiary/aromatic N) is 4. The fraction of sp³-hybridized carbons (Fsp3) is 0.545. The summed E-state index contributed by atoms with van der Waals surface area (Å²) < 4.78 is 1.97. The van der Waals surface area contributed by atoms with Gasteiger partial charge in [0.15, 0.2) is 0 Å². The molecule has 1 aromatic rings. The van der Waals surface area contributed by atoms with Gasteiger partial charge in [-0.2, -0.15) is 10.2 Å². The first kappa shape index (κ1) is 10.9. The number of hydrogen-bond acceptors (Lipinski definition) is 4. The Bertz CT molecular complexity index is 429. The molecule has 0 radical (unpaired) electrons. The summed E-state index contributed by atoms with van der Waals surface area (Å²) in [6.07, 6.45) is 3.70. The van der Waals surface area contributed by atoms with Crippen molar-refractivity contribution in [1.29, 1.82) is 0 Å². The lowest BCUT2D eigenvalue weighted by molar-refractivity contribution is 0.595. The van der Waals surface area contributed by atoms with Crippen molar-refractivity contribution in [3.05, 3.63) is 18.0 Å². The summed E-state index contributed by atoms with van der Waals surface area (Å²) in [6.45, 7) is 5.11. The van der Waals surface area contributed by atoms with E-state index < -0.39 is 0 Å². The van der Waals surface area contributed by atoms with Gasteiger partial charge in [-0.25, -0.2) is 0 Å². The minimum Gasteiger partial charge on any atom is -0.385 e. The minimum absolute atomic E-state index is 0.262. The molecule has 2 N–H and O–H groups in total. The second-order valence-corrected chi connectivity index (χ2v) is 4.12. The van der Waals surface area contributed by atoms with Crippen molar-refractivity contribution in [3.63, 3.8) is 0 Å². The van der Waals surface area contributed by atoms with Crippen molar-refractivity contribution in [2.75, 3.05) is 0 Å². The van der Waals surface area contributed by atoms with Crippen LogP contribution in [0.2, 0.25) is 0 Å². The van der Waals surface area contributed by atoms with E-state index in [-0.39, 0.29) is 5.92 Å². The number of nitrogens with two attached hydrogens (primary N) is 1. The molecule has 0 bridgehead atoms. The molecule has 5 nitrogen and oxygen atoms in total. The smallest absolute Gasteiger partial charge is 0.125 e. The molecule has 1 aliphatic rings. The van der Waals surface area contributed by atoms with E-state index in [1.165, 1.54) is 0 Å². The van der Waals surface area contributed by atoms with Crippen molar-refractivity contribution in [3.8, 4) is 0 Å². The Morgan fingerprint density at radius 2 is 2.31 bits per heavy atom. The predicted molar refractivity (Wildman–Crippen MR) is 64.5 cm³/mol. The molecule has 1 aliphatic heterocycles. The topological polar surface area (TPSA) is 68.6 Å². The molecule has 0 saturated heterocycles. The van der Waals surface area contributed by atoms with Crippen molar-refractivity contribution in [2.45, 2.75) is 33.2 Å². The molecule has 0 amide bonds. The quantitative estimate of drug-likeness (QED) is 0.834. The van der Waals surface area contributed by atoms with E-state index in [1.807, 2.05) is 10.7 Å². The highest BCUT2D eigenvalue weighted by Crippen LogP contribution is 2.15. The molecular formula is C11H17N5. The number of hydrogen-bond donors (Lipinski definition) is 1. The van der Waals surface area contributed by atoms with Gasteiger partial charge < -0.3 is 5.73 Å². The van der Waals surface area contributed by atoms with Crippen LogP contribution < -0.4 is 5.73 Å². The SMILES string of the molecule is CCCn1nccc1C1=NN=C(N)C(C)C1. The third-order valence-electron chi connectivity index (χ3n) is 2.74. The van der Waals surface area contributed by atoms with Crippen LogP contribution in [0, 0.1) is 5.92 Å². The molecule has 86 valence electrons. The summed E-state index contributed by atoms with van der Waals surface area (Å²) in [5.74, 6) is 0.878. The second-order valence-electron chi connectivity index (χ2n) is 4.12. The third-order valence-corrected chi connectivity index (χ3v) is 2.74. The third kappa shape index (κ3) is 1.98. The normalized spacial score (nSPS) is 20.5. The molecule has 1 unspecified atom stereocenters. The Morgan fingerprint density at radius 1 is 1.50 bits per heavy atom. The van der Waals surface area contributed by atoms with Crippen LogP contribution in [0.4, 0.5) is 0 Å². The largest absolute Gasteiger partial charge is 0.385 e. The molecule has 2 heterocycles. The van der Waals surface area contributed by atoms with Crippen LogP contribution in [-0.4, -0.2) is 21.3 Å². The molecule has 16 heavy (non-hydrogen) atoms. The molecule has 0 saturated carbocycles. The number of aromatic nitrogens is 2. The van der Waals surface area contributed by atoms with Gasteiger partial charge in [-0.15, -0.1) is 5.10 Å². The molecule has 1 aromatic heterocycles. The van der Waals surface area contributed by atoms with Gasteiger partial charge in [-0.1, -0.05) is 13.8 Å². The molecule has 0 aromatic carbocycles. The maximum atomic E-state index is 5.71. The van der Waals surface area contributed by atoms with Crippen LogP contribution in [0.25, 0.3) is 0 Å². The first-order valence-corrected chi connectivity index (χ1v) is 5.64. The molecule has 0 fully saturated rings. The van der Waals surface area contributed by atoms with Crippen molar-refractivity contribution in [2.24, 2.45) is 21.9 Å². The molecule has 2 rings (SSSR count). The van der Waals surface area contributed by atoms with Gasteiger partial charge in [0, 0.05) is 25.1 Å². The second kappa shape index (κ2) is 4.47. The first-order valence-electron chi connectivity index (χ1n) is 5.64. The molecule has 5 heteroatoms. The summed E-state index contributed by atoms with van der Waals surface area (Å²) in [4.78, 5) is 0. The zero-order chi connectivity index (χ0) is 11.5. The van der Waals surface area contributed by atoms with Gasteiger partial charge >= 0.3 is 0 Å². The van der Waals surface area contributed by atoms with Gasteiger partial charge in [0.25, 0.3) is 0 Å². The van der Waals surface area contributed by atoms with Crippen LogP contribution in [0.3, 0.4) is 0 Å². The van der Waals surface area contributed by atoms with Gasteiger partial charge in [0.2, 0.25) is 0 Å². The van der Waals surface area contributed by atoms with Crippen LogP contribution in [0.5, 0.6) is 0 Å². The molecular weight excluding hydrogens is 202 g/mol. The summed E-state index contributed by atoms with van der Waals surface area (Å²) in [7, 11) is 0. The van der Waals surface area contributed by atoms with E-state index >= 15 is 0 Å². The average Bonchev–Trinajstić information content (AvgIpc) is 2.71. The van der Waals surface area contributed by atoms with Gasteiger partial charge in [0.1, 0.15) is 5.84 Å². The monoisotopic (exact) mass is 219 g/mol. The summed E-state index contributed by atoms with van der Waals surface area (Å²) in [6, 6.07) is 1.98. The molecule has 0 aliphatic carbocycles. The summed E-state index contributed by atoms with van der Waals surface area (Å²) in [5.41, 5.74) is 7.75. The van der Waals surface area contributed by atoms with Gasteiger partial charge in [-0.3, -0.25) is 4.68 Å². The lowest BCUT2D eigenvalue weighted by Gasteiger charge is -2.16. The van der Waals surface area contributed by atoms with Crippen molar-refractivity contribution < 1.29 is 0 Å². The molecule has 1 atom stereocenters. The fourth-order valence-corrected chi connectivity index (χ4v) is 1.78. The average molecular weight is 219 g/mol. The van der Waals surface area contributed by atoms with Crippen molar-refractivity contribution >= 4 is 11.5 Å². The zero-order valence-electron chi connectivity index (χ0n) is 9.72. The Balaban J connectivity index is 2.28. The highest BCUT2D eigenvalue weighted by Gasteiger charge is 2.19. The Hall–Kier alpha value is -1.65. The van der Waals surface area contributed by atoms with E-state index in [4.69, 9.17) is 5.73 Å². The number of aryl methyl sites for hydroxylation is 1. The summed E-state index contributed by atoms with van der Waals surface area (Å²) >= 11 is 0. The molecule has 0 spiro atoms. The number of amidine groups is 1. The van der Waals surface area contributed by atoms with Crippen LogP contribution in [-0.2, 0) is 6.54 Å². The highest BCUT2D eigenvalue weighted by atomic mass is 15.3. The van der Waals surface area contributed by atoms with Crippen molar-refractivity contribution in [1.82, 2.24) is 9.78 Å². The summed E-state index contributed by atoms with van der Waals surface area (Å²) in [5, 5.41) is 12.4. The van der Waals surface area contributed by atoms with E-state index in [1.54, 1.807) is 6.20 Å². The van der Waals surface area contributed by atoms with E-state index in [0.29, 0.717) is 5.84 Å². The predicted octanol–water partition coefficient (Wildman–Crippen LogP) is 1.39. The fourth-order valence-electron chi connectivity index (χ4n) is 1.78. The lowest BCUT2D eigenvalue weighted by Crippen LogP contribution is -2.27. The Morgan fingerprint density at radius 3 is 3.00 bits per heavy atom. The van der Waals surface area contributed by atoms with E-state index in [0.717, 1.165) is 30.8 Å². The Kier molecular flexibility index (Phi) is 3.03. The zero-order valence-corrected chi connectivity index (χ0v) is 9.72.